The Morgan fingerprint density at radius 3 is 1.70 bits per heavy atom. The lowest BCUT2D eigenvalue weighted by Gasteiger charge is -2.08. The number of hydrogen-bond donors (Lipinski definition) is 1. The van der Waals surface area contributed by atoms with Gasteiger partial charge in [0, 0.05) is 13.1 Å². The van der Waals surface area contributed by atoms with Gasteiger partial charge >= 0.3 is 18.0 Å². The zero-order valence-electron chi connectivity index (χ0n) is 11.0. The molecule has 0 fully saturated rings. The third kappa shape index (κ3) is 2.29. The quantitative estimate of drug-likeness (QED) is 0.819. The number of carboxylic acid groups (broad SMARTS) is 1. The molecule has 7 heteroatoms. The number of ether oxygens (including phenoxy) is 2. The maximum absolute atomic E-state index is 11.7. The van der Waals surface area contributed by atoms with Gasteiger partial charge in [-0.25, -0.2) is 14.4 Å². The second-order valence-electron chi connectivity index (χ2n) is 4.29. The van der Waals surface area contributed by atoms with Crippen LogP contribution in [-0.2, 0) is 22.6 Å². The molecule has 0 aromatic heterocycles. The number of methoxy groups -OCH3 is 2. The van der Waals surface area contributed by atoms with Gasteiger partial charge in [0.15, 0.2) is 0 Å². The van der Waals surface area contributed by atoms with Gasteiger partial charge in [-0.15, -0.1) is 0 Å². The molecule has 20 heavy (non-hydrogen) atoms. The van der Waals surface area contributed by atoms with E-state index in [9.17, 15) is 14.4 Å². The molecule has 0 atom stereocenters. The van der Waals surface area contributed by atoms with Crippen LogP contribution in [0.4, 0.5) is 4.79 Å². The maximum Gasteiger partial charge on any atom is 0.407 e. The van der Waals surface area contributed by atoms with E-state index in [0.29, 0.717) is 11.1 Å². The molecule has 0 spiro atoms. The van der Waals surface area contributed by atoms with Crippen molar-refractivity contribution in [1.29, 1.82) is 0 Å². The van der Waals surface area contributed by atoms with Crippen molar-refractivity contribution < 1.29 is 29.0 Å². The molecule has 1 aromatic carbocycles. The number of fused-ring (bicyclic) bond motifs is 1. The molecular weight excluding hydrogens is 266 g/mol. The Morgan fingerprint density at radius 1 is 1.00 bits per heavy atom. The zero-order chi connectivity index (χ0) is 14.9. The van der Waals surface area contributed by atoms with Crippen LogP contribution in [-0.4, -0.2) is 42.3 Å². The number of nitrogens with zero attached hydrogens (tertiary/aromatic N) is 1. The van der Waals surface area contributed by atoms with E-state index in [4.69, 9.17) is 5.11 Å². The summed E-state index contributed by atoms with van der Waals surface area (Å²) in [4.78, 5) is 35.6. The van der Waals surface area contributed by atoms with Crippen LogP contribution < -0.4 is 0 Å². The van der Waals surface area contributed by atoms with Crippen LogP contribution in [0.3, 0.4) is 0 Å². The molecule has 1 heterocycles. The standard InChI is InChI=1S/C13H13NO6/c1-19-11(15)9-3-7-5-14(13(17)18)6-8(7)4-10(9)12(16)20-2/h3-4H,5-6H2,1-2H3,(H,17,18). The second-order valence-corrected chi connectivity index (χ2v) is 4.29. The third-order valence-corrected chi connectivity index (χ3v) is 3.14. The van der Waals surface area contributed by atoms with Crippen molar-refractivity contribution in [3.05, 3.63) is 34.4 Å². The van der Waals surface area contributed by atoms with Crippen molar-refractivity contribution >= 4 is 18.0 Å². The summed E-state index contributed by atoms with van der Waals surface area (Å²) in [6, 6.07) is 2.96. The summed E-state index contributed by atoms with van der Waals surface area (Å²) in [5.41, 5.74) is 1.51. The Labute approximate surface area is 114 Å². The van der Waals surface area contributed by atoms with E-state index in [1.807, 2.05) is 0 Å². The van der Waals surface area contributed by atoms with Crippen LogP contribution in [0.1, 0.15) is 31.8 Å². The first-order valence-electron chi connectivity index (χ1n) is 5.78. The van der Waals surface area contributed by atoms with Crippen molar-refractivity contribution in [3.8, 4) is 0 Å². The molecule has 0 aliphatic carbocycles. The fourth-order valence-electron chi connectivity index (χ4n) is 2.14. The van der Waals surface area contributed by atoms with Gasteiger partial charge in [0.2, 0.25) is 0 Å². The van der Waals surface area contributed by atoms with Gasteiger partial charge in [0.05, 0.1) is 25.3 Å². The van der Waals surface area contributed by atoms with E-state index in [2.05, 4.69) is 9.47 Å². The average Bonchev–Trinajstić information content (AvgIpc) is 2.87. The molecule has 0 saturated carbocycles. The molecule has 106 valence electrons. The van der Waals surface area contributed by atoms with Gasteiger partial charge in [-0.3, -0.25) is 4.90 Å². The summed E-state index contributed by atoms with van der Waals surface area (Å²) in [5.74, 6) is -1.33. The van der Waals surface area contributed by atoms with Crippen LogP contribution >= 0.6 is 0 Å². The Kier molecular flexibility index (Phi) is 3.60. The molecule has 1 aromatic rings. The summed E-state index contributed by atoms with van der Waals surface area (Å²) in [6.45, 7) is 0.353. The molecule has 0 unspecified atom stereocenters. The van der Waals surface area contributed by atoms with Crippen LogP contribution in [0.5, 0.6) is 0 Å². The third-order valence-electron chi connectivity index (χ3n) is 3.14. The highest BCUT2D eigenvalue weighted by Gasteiger charge is 2.28. The molecule has 1 amide bonds. The highest BCUT2D eigenvalue weighted by molar-refractivity contribution is 6.03. The van der Waals surface area contributed by atoms with Gasteiger partial charge in [-0.05, 0) is 23.3 Å². The second kappa shape index (κ2) is 5.20. The summed E-state index contributed by atoms with van der Waals surface area (Å²) >= 11 is 0. The number of carbonyl (C=O) groups is 3. The van der Waals surface area contributed by atoms with E-state index in [-0.39, 0.29) is 24.2 Å². The lowest BCUT2D eigenvalue weighted by Crippen LogP contribution is -2.22. The number of carbonyl (C=O) groups excluding carboxylic acids is 2. The molecule has 2 rings (SSSR count). The number of amides is 1. The fraction of sp³-hybridized carbons (Fsp3) is 0.308. The minimum atomic E-state index is -1.06. The summed E-state index contributed by atoms with van der Waals surface area (Å²) < 4.78 is 9.26. The molecule has 0 saturated heterocycles. The minimum Gasteiger partial charge on any atom is -0.465 e. The molecule has 0 bridgehead atoms. The van der Waals surface area contributed by atoms with Crippen LogP contribution in [0.25, 0.3) is 0 Å². The first-order chi connectivity index (χ1) is 9.47. The van der Waals surface area contributed by atoms with Crippen molar-refractivity contribution in [3.63, 3.8) is 0 Å². The summed E-state index contributed by atoms with van der Waals surface area (Å²) in [6.07, 6.45) is -1.06. The van der Waals surface area contributed by atoms with Crippen molar-refractivity contribution in [1.82, 2.24) is 4.90 Å². The van der Waals surface area contributed by atoms with Gasteiger partial charge in [0.1, 0.15) is 0 Å². The Morgan fingerprint density at radius 2 is 1.40 bits per heavy atom. The normalized spacial score (nSPS) is 12.8. The molecule has 7 nitrogen and oxygen atoms in total. The van der Waals surface area contributed by atoms with E-state index in [0.717, 1.165) is 0 Å². The fourth-order valence-corrected chi connectivity index (χ4v) is 2.14. The zero-order valence-corrected chi connectivity index (χ0v) is 11.0. The molecule has 1 N–H and O–H groups in total. The first-order valence-corrected chi connectivity index (χ1v) is 5.78. The largest absolute Gasteiger partial charge is 0.465 e. The monoisotopic (exact) mass is 279 g/mol. The Bertz CT molecular complexity index is 550. The molecule has 0 radical (unpaired) electrons. The average molecular weight is 279 g/mol. The predicted octanol–water partition coefficient (Wildman–Crippen LogP) is 1.25. The maximum atomic E-state index is 11.7. The molecule has 1 aliphatic heterocycles. The van der Waals surface area contributed by atoms with Crippen molar-refractivity contribution in [2.24, 2.45) is 0 Å². The Balaban J connectivity index is 2.49. The van der Waals surface area contributed by atoms with Gasteiger partial charge < -0.3 is 14.6 Å². The van der Waals surface area contributed by atoms with Crippen LogP contribution in [0.15, 0.2) is 12.1 Å². The van der Waals surface area contributed by atoms with Gasteiger partial charge in [0.25, 0.3) is 0 Å². The van der Waals surface area contributed by atoms with Crippen molar-refractivity contribution in [2.75, 3.05) is 14.2 Å². The lowest BCUT2D eigenvalue weighted by molar-refractivity contribution is 0.0555. The number of hydrogen-bond acceptors (Lipinski definition) is 5. The first kappa shape index (κ1) is 13.9. The number of esters is 2. The van der Waals surface area contributed by atoms with Crippen LogP contribution in [0.2, 0.25) is 0 Å². The number of benzene rings is 1. The van der Waals surface area contributed by atoms with E-state index >= 15 is 0 Å². The topological polar surface area (TPSA) is 93.1 Å². The van der Waals surface area contributed by atoms with Crippen LogP contribution in [0, 0.1) is 0 Å². The molecule has 1 aliphatic rings. The predicted molar refractivity (Wildman–Crippen MR) is 66.4 cm³/mol. The summed E-state index contributed by atoms with van der Waals surface area (Å²) in [7, 11) is 2.42. The lowest BCUT2D eigenvalue weighted by atomic mass is 10.00. The highest BCUT2D eigenvalue weighted by Crippen LogP contribution is 2.27. The number of rotatable bonds is 2. The minimum absolute atomic E-state index is 0.0744. The molecular formula is C13H13NO6. The SMILES string of the molecule is COC(=O)c1cc2c(cc1C(=O)OC)CN(C(=O)O)C2. The Hall–Kier alpha value is -2.57. The van der Waals surface area contributed by atoms with Gasteiger partial charge in [-0.1, -0.05) is 0 Å². The van der Waals surface area contributed by atoms with Crippen molar-refractivity contribution in [2.45, 2.75) is 13.1 Å². The van der Waals surface area contributed by atoms with E-state index in [1.54, 1.807) is 0 Å². The van der Waals surface area contributed by atoms with E-state index in [1.165, 1.54) is 31.3 Å². The van der Waals surface area contributed by atoms with E-state index < -0.39 is 18.0 Å². The smallest absolute Gasteiger partial charge is 0.407 e. The highest BCUT2D eigenvalue weighted by atomic mass is 16.5. The van der Waals surface area contributed by atoms with Gasteiger partial charge in [-0.2, -0.15) is 0 Å². The summed E-state index contributed by atoms with van der Waals surface area (Å²) in [5, 5.41) is 8.98.